The van der Waals surface area contributed by atoms with Crippen molar-refractivity contribution in [1.82, 2.24) is 24.5 Å². The summed E-state index contributed by atoms with van der Waals surface area (Å²) in [5.41, 5.74) is 3.46. The van der Waals surface area contributed by atoms with Crippen LogP contribution in [0.2, 0.25) is 5.02 Å². The van der Waals surface area contributed by atoms with Gasteiger partial charge in [0.15, 0.2) is 16.3 Å². The molecule has 164 valence electrons. The fraction of sp³-hybridized carbons (Fsp3) is 0.167. The monoisotopic (exact) mass is 474 g/mol. The smallest absolute Gasteiger partial charge is 0.250 e. The van der Waals surface area contributed by atoms with Crippen LogP contribution in [0.4, 0.5) is 10.8 Å². The van der Waals surface area contributed by atoms with Crippen LogP contribution in [-0.4, -0.2) is 24.5 Å². The third kappa shape index (κ3) is 4.40. The summed E-state index contributed by atoms with van der Waals surface area (Å²) in [6, 6.07) is 15.4. The molecule has 0 unspecified atom stereocenters. The van der Waals surface area contributed by atoms with Gasteiger partial charge in [-0.2, -0.15) is 4.98 Å². The molecular weight excluding hydrogens is 456 g/mol. The van der Waals surface area contributed by atoms with Gasteiger partial charge in [0, 0.05) is 23.5 Å². The van der Waals surface area contributed by atoms with Gasteiger partial charge in [0.05, 0.1) is 11.2 Å². The number of rotatable bonds is 7. The zero-order chi connectivity index (χ0) is 22.2. The first-order valence-corrected chi connectivity index (χ1v) is 11.8. The lowest BCUT2D eigenvalue weighted by Gasteiger charge is -2.06. The van der Waals surface area contributed by atoms with Gasteiger partial charge in [-0.05, 0) is 66.8 Å². The molecule has 0 saturated heterocycles. The van der Waals surface area contributed by atoms with Gasteiger partial charge in [-0.3, -0.25) is 0 Å². The lowest BCUT2D eigenvalue weighted by Crippen LogP contribution is -1.99. The Labute approximate surface area is 199 Å². The topological polar surface area (TPSA) is 77.8 Å². The number of hydrogen-bond acceptors (Lipinski definition) is 7. The third-order valence-electron chi connectivity index (χ3n) is 5.45. The minimum Gasteiger partial charge on any atom is -0.437 e. The largest absolute Gasteiger partial charge is 0.437 e. The van der Waals surface area contributed by atoms with Gasteiger partial charge in [0.1, 0.15) is 12.1 Å². The van der Waals surface area contributed by atoms with Crippen molar-refractivity contribution in [2.75, 3.05) is 5.32 Å². The van der Waals surface area contributed by atoms with E-state index in [9.17, 15) is 0 Å². The number of nitrogens with one attached hydrogen (secondary N) is 1. The number of anilines is 2. The predicted octanol–water partition coefficient (Wildman–Crippen LogP) is 6.55. The minimum absolute atomic E-state index is 0.466. The molecule has 9 heteroatoms. The number of nitrogens with zero attached hydrogens (tertiary/aromatic N) is 5. The Morgan fingerprint density at radius 2 is 1.94 bits per heavy atom. The fourth-order valence-corrected chi connectivity index (χ4v) is 4.63. The van der Waals surface area contributed by atoms with E-state index >= 15 is 0 Å². The Balaban J connectivity index is 1.18. The van der Waals surface area contributed by atoms with Crippen LogP contribution in [-0.2, 0) is 6.54 Å². The van der Waals surface area contributed by atoms with Crippen molar-refractivity contribution in [3.63, 3.8) is 0 Å². The highest BCUT2D eigenvalue weighted by Crippen LogP contribution is 2.34. The van der Waals surface area contributed by atoms with Crippen molar-refractivity contribution in [2.45, 2.75) is 19.4 Å². The van der Waals surface area contributed by atoms with Crippen LogP contribution in [0.15, 0.2) is 67.4 Å². The van der Waals surface area contributed by atoms with Crippen molar-refractivity contribution in [2.24, 2.45) is 5.92 Å². The summed E-state index contributed by atoms with van der Waals surface area (Å²) in [6.07, 6.45) is 7.76. The van der Waals surface area contributed by atoms with E-state index in [1.807, 2.05) is 61.1 Å². The van der Waals surface area contributed by atoms with Crippen molar-refractivity contribution < 1.29 is 4.74 Å². The van der Waals surface area contributed by atoms with Gasteiger partial charge < -0.3 is 14.6 Å². The maximum atomic E-state index is 6.06. The maximum Gasteiger partial charge on any atom is 0.250 e. The van der Waals surface area contributed by atoms with Crippen LogP contribution in [0.1, 0.15) is 12.8 Å². The average Bonchev–Trinajstić information content (AvgIpc) is 3.36. The van der Waals surface area contributed by atoms with E-state index in [4.69, 9.17) is 16.3 Å². The standard InChI is InChI=1S/C24H19ClN6OS/c25-17-2-1-3-18(10-17)30-24-26-11-20(33-24)16-6-8-19(9-7-16)32-23-21-22(27-13-28-23)31(14-29-21)12-15-4-5-15/h1-3,6-11,13-15H,4-5,12H2,(H,26,30). The Hall–Kier alpha value is -3.49. The molecule has 3 aromatic heterocycles. The zero-order valence-electron chi connectivity index (χ0n) is 17.5. The molecule has 1 aliphatic rings. The van der Waals surface area contributed by atoms with Crippen LogP contribution < -0.4 is 10.1 Å². The molecule has 7 nitrogen and oxygen atoms in total. The summed E-state index contributed by atoms with van der Waals surface area (Å²) < 4.78 is 8.13. The summed E-state index contributed by atoms with van der Waals surface area (Å²) >= 11 is 7.63. The molecule has 0 radical (unpaired) electrons. The SMILES string of the molecule is Clc1cccc(Nc2ncc(-c3ccc(Oc4ncnc5c4ncn5CC4CC4)cc3)s2)c1. The van der Waals surface area contributed by atoms with Gasteiger partial charge in [-0.25, -0.2) is 15.0 Å². The summed E-state index contributed by atoms with van der Waals surface area (Å²) in [5, 5.41) is 4.78. The highest BCUT2D eigenvalue weighted by molar-refractivity contribution is 7.18. The number of fused-ring (bicyclic) bond motifs is 1. The van der Waals surface area contributed by atoms with Gasteiger partial charge >= 0.3 is 0 Å². The van der Waals surface area contributed by atoms with E-state index in [1.165, 1.54) is 19.2 Å². The molecule has 0 amide bonds. The molecule has 2 aromatic carbocycles. The summed E-state index contributed by atoms with van der Waals surface area (Å²) in [6.45, 7) is 0.949. The van der Waals surface area contributed by atoms with Gasteiger partial charge in [-0.1, -0.05) is 29.0 Å². The summed E-state index contributed by atoms with van der Waals surface area (Å²) in [7, 11) is 0. The normalized spacial score (nSPS) is 13.4. The Morgan fingerprint density at radius 1 is 1.06 bits per heavy atom. The van der Waals surface area contributed by atoms with Crippen LogP contribution in [0.5, 0.6) is 11.6 Å². The summed E-state index contributed by atoms with van der Waals surface area (Å²) in [4.78, 5) is 18.7. The van der Waals surface area contributed by atoms with Gasteiger partial charge in [-0.15, -0.1) is 0 Å². The first-order valence-electron chi connectivity index (χ1n) is 10.6. The fourth-order valence-electron chi connectivity index (χ4n) is 3.60. The summed E-state index contributed by atoms with van der Waals surface area (Å²) in [5.74, 6) is 1.90. The second-order valence-electron chi connectivity index (χ2n) is 7.98. The molecule has 3 heterocycles. The molecule has 0 atom stereocenters. The number of ether oxygens (including phenoxy) is 1. The van der Waals surface area contributed by atoms with E-state index in [-0.39, 0.29) is 0 Å². The molecule has 0 bridgehead atoms. The first kappa shape index (κ1) is 20.1. The minimum atomic E-state index is 0.466. The Kier molecular flexibility index (Phi) is 5.16. The molecule has 6 rings (SSSR count). The van der Waals surface area contributed by atoms with Gasteiger partial charge in [0.2, 0.25) is 0 Å². The number of imidazole rings is 1. The molecular formula is C24H19ClN6OS. The van der Waals surface area contributed by atoms with Crippen LogP contribution >= 0.6 is 22.9 Å². The van der Waals surface area contributed by atoms with Crippen LogP contribution in [0.3, 0.4) is 0 Å². The van der Waals surface area contributed by atoms with Crippen molar-refractivity contribution >= 4 is 44.9 Å². The number of benzene rings is 2. The highest BCUT2D eigenvalue weighted by Gasteiger charge is 2.23. The molecule has 1 N–H and O–H groups in total. The van der Waals surface area contributed by atoms with Gasteiger partial charge in [0.25, 0.3) is 5.88 Å². The average molecular weight is 475 g/mol. The lowest BCUT2D eigenvalue weighted by atomic mass is 10.2. The lowest BCUT2D eigenvalue weighted by molar-refractivity contribution is 0.467. The number of thiazole rings is 1. The van der Waals surface area contributed by atoms with E-state index in [0.29, 0.717) is 22.2 Å². The quantitative estimate of drug-likeness (QED) is 0.288. The molecule has 5 aromatic rings. The number of halogens is 1. The highest BCUT2D eigenvalue weighted by atomic mass is 35.5. The molecule has 1 saturated carbocycles. The molecule has 0 spiro atoms. The van der Waals surface area contributed by atoms with E-state index in [1.54, 1.807) is 11.3 Å². The second kappa shape index (κ2) is 8.46. The molecule has 1 aliphatic carbocycles. The van der Waals surface area contributed by atoms with Crippen molar-refractivity contribution in [3.8, 4) is 22.1 Å². The third-order valence-corrected chi connectivity index (χ3v) is 6.65. The molecule has 0 aliphatic heterocycles. The Morgan fingerprint density at radius 3 is 2.76 bits per heavy atom. The Bertz CT molecular complexity index is 1430. The van der Waals surface area contributed by atoms with E-state index < -0.39 is 0 Å². The van der Waals surface area contributed by atoms with Crippen molar-refractivity contribution in [3.05, 3.63) is 72.4 Å². The van der Waals surface area contributed by atoms with Crippen LogP contribution in [0, 0.1) is 5.92 Å². The second-order valence-corrected chi connectivity index (χ2v) is 9.45. The van der Waals surface area contributed by atoms with E-state index in [0.717, 1.165) is 39.4 Å². The first-order chi connectivity index (χ1) is 16.2. The number of aromatic nitrogens is 5. The number of hydrogen-bond donors (Lipinski definition) is 1. The molecule has 1 fully saturated rings. The predicted molar refractivity (Wildman–Crippen MR) is 130 cm³/mol. The van der Waals surface area contributed by atoms with Crippen molar-refractivity contribution in [1.29, 1.82) is 0 Å². The molecule has 33 heavy (non-hydrogen) atoms. The zero-order valence-corrected chi connectivity index (χ0v) is 19.1. The van der Waals surface area contributed by atoms with E-state index in [2.05, 4.69) is 29.8 Å². The van der Waals surface area contributed by atoms with Crippen LogP contribution in [0.25, 0.3) is 21.6 Å². The maximum absolute atomic E-state index is 6.06.